The molecular weight excluding hydrogens is 375 g/mol. The van der Waals surface area contributed by atoms with Crippen molar-refractivity contribution in [3.8, 4) is 0 Å². The predicted molar refractivity (Wildman–Crippen MR) is 108 cm³/mol. The van der Waals surface area contributed by atoms with Gasteiger partial charge in [0.15, 0.2) is 5.76 Å². The Morgan fingerprint density at radius 3 is 2.55 bits per heavy atom. The minimum atomic E-state index is -0.585. The van der Waals surface area contributed by atoms with Gasteiger partial charge in [-0.2, -0.15) is 0 Å². The van der Waals surface area contributed by atoms with Crippen molar-refractivity contribution >= 4 is 5.91 Å². The zero-order valence-corrected chi connectivity index (χ0v) is 17.2. The lowest BCUT2D eigenvalue weighted by molar-refractivity contribution is -0.170. The van der Waals surface area contributed by atoms with E-state index in [0.717, 1.165) is 18.7 Å². The Bertz CT molecular complexity index is 701. The lowest BCUT2D eigenvalue weighted by atomic mass is 9.80. The molecule has 3 rings (SSSR count). The summed E-state index contributed by atoms with van der Waals surface area (Å²) in [5, 5.41) is 9.33. The Morgan fingerprint density at radius 2 is 1.93 bits per heavy atom. The van der Waals surface area contributed by atoms with Crippen LogP contribution in [0.3, 0.4) is 0 Å². The number of hydrogen-bond donors (Lipinski definition) is 1. The molecule has 1 saturated heterocycles. The molecule has 6 nitrogen and oxygen atoms in total. The molecule has 0 spiro atoms. The van der Waals surface area contributed by atoms with Gasteiger partial charge in [0.05, 0.1) is 0 Å². The molecule has 0 radical (unpaired) electrons. The summed E-state index contributed by atoms with van der Waals surface area (Å²) in [4.78, 5) is 17.1. The van der Waals surface area contributed by atoms with Crippen LogP contribution < -0.4 is 0 Å². The van der Waals surface area contributed by atoms with Crippen LogP contribution in [0, 0.1) is 11.7 Å². The van der Waals surface area contributed by atoms with E-state index in [2.05, 4.69) is 4.90 Å². The molecule has 1 aromatic rings. The molecule has 3 atom stereocenters. The molecule has 2 heterocycles. The van der Waals surface area contributed by atoms with E-state index >= 15 is 0 Å². The summed E-state index contributed by atoms with van der Waals surface area (Å²) in [5.41, 5.74) is 0.908. The van der Waals surface area contributed by atoms with Crippen molar-refractivity contribution in [3.63, 3.8) is 0 Å². The summed E-state index contributed by atoms with van der Waals surface area (Å²) < 4.78 is 25.4. The number of carbonyl (C=O) groups excluding carboxylic acids is 1. The van der Waals surface area contributed by atoms with Crippen LogP contribution in [0.5, 0.6) is 0 Å². The highest BCUT2D eigenvalue weighted by Gasteiger charge is 2.39. The van der Waals surface area contributed by atoms with E-state index in [1.807, 2.05) is 24.9 Å². The molecule has 0 aromatic heterocycles. The van der Waals surface area contributed by atoms with Gasteiger partial charge in [0.1, 0.15) is 5.82 Å². The van der Waals surface area contributed by atoms with Gasteiger partial charge < -0.3 is 24.4 Å². The zero-order valence-electron chi connectivity index (χ0n) is 17.2. The van der Waals surface area contributed by atoms with Gasteiger partial charge in [0, 0.05) is 51.2 Å². The normalized spacial score (nSPS) is 25.4. The van der Waals surface area contributed by atoms with Crippen LogP contribution in [0.1, 0.15) is 31.2 Å². The first-order chi connectivity index (χ1) is 14.0. The number of halogens is 1. The molecule has 0 bridgehead atoms. The van der Waals surface area contributed by atoms with Crippen LogP contribution >= 0.6 is 0 Å². The smallest absolute Gasteiger partial charge is 0.288 e. The molecule has 0 aliphatic carbocycles. The molecule has 1 aromatic carbocycles. The van der Waals surface area contributed by atoms with E-state index in [4.69, 9.17) is 9.47 Å². The van der Waals surface area contributed by atoms with Gasteiger partial charge in [-0.05, 0) is 50.6 Å². The van der Waals surface area contributed by atoms with Crippen molar-refractivity contribution in [2.24, 2.45) is 5.92 Å². The molecule has 0 saturated carbocycles. The highest BCUT2D eigenvalue weighted by molar-refractivity contribution is 5.92. The van der Waals surface area contributed by atoms with Gasteiger partial charge in [0.25, 0.3) is 5.91 Å². The number of ether oxygens (including phenoxy) is 2. The number of rotatable bonds is 7. The fraction of sp³-hybridized carbons (Fsp3) is 0.591. The monoisotopic (exact) mass is 406 g/mol. The largest absolute Gasteiger partial charge is 0.459 e. The molecule has 0 unspecified atom stereocenters. The van der Waals surface area contributed by atoms with Crippen LogP contribution in [0.15, 0.2) is 36.1 Å². The van der Waals surface area contributed by atoms with Crippen LogP contribution in [0.25, 0.3) is 0 Å². The highest BCUT2D eigenvalue weighted by atomic mass is 19.1. The van der Waals surface area contributed by atoms with Crippen LogP contribution in [-0.2, 0) is 14.3 Å². The minimum absolute atomic E-state index is 0.0717. The number of carbonyl (C=O) groups is 1. The lowest BCUT2D eigenvalue weighted by Gasteiger charge is -2.39. The van der Waals surface area contributed by atoms with Crippen LogP contribution in [-0.4, -0.2) is 73.5 Å². The second kappa shape index (κ2) is 10.2. The van der Waals surface area contributed by atoms with Gasteiger partial charge in [-0.3, -0.25) is 4.79 Å². The third-order valence-corrected chi connectivity index (χ3v) is 5.67. The number of benzene rings is 1. The van der Waals surface area contributed by atoms with Crippen molar-refractivity contribution < 1.29 is 23.8 Å². The first kappa shape index (κ1) is 21.7. The SMILES string of the molecule is CCO[C@@H]1OC(C(=O)N2CCN(C)CC2)=C[C@H](c2ccc(F)cc2)[C@H]1CCCO. The van der Waals surface area contributed by atoms with Crippen molar-refractivity contribution in [2.45, 2.75) is 32.0 Å². The number of allylic oxidation sites excluding steroid dienone is 1. The number of amides is 1. The molecule has 160 valence electrons. The Morgan fingerprint density at radius 1 is 1.24 bits per heavy atom. The summed E-state index contributed by atoms with van der Waals surface area (Å²) in [7, 11) is 2.04. The van der Waals surface area contributed by atoms with E-state index in [0.29, 0.717) is 38.3 Å². The third-order valence-electron chi connectivity index (χ3n) is 5.67. The Labute approximate surface area is 171 Å². The first-order valence-corrected chi connectivity index (χ1v) is 10.4. The fourth-order valence-electron chi connectivity index (χ4n) is 3.99. The van der Waals surface area contributed by atoms with Crippen LogP contribution in [0.4, 0.5) is 4.39 Å². The molecular formula is C22H31FN2O4. The van der Waals surface area contributed by atoms with E-state index in [1.165, 1.54) is 12.1 Å². The first-order valence-electron chi connectivity index (χ1n) is 10.4. The summed E-state index contributed by atoms with van der Waals surface area (Å²) in [6.07, 6.45) is 2.55. The van der Waals surface area contributed by atoms with Gasteiger partial charge in [-0.15, -0.1) is 0 Å². The van der Waals surface area contributed by atoms with Gasteiger partial charge in [-0.25, -0.2) is 4.39 Å². The van der Waals surface area contributed by atoms with E-state index < -0.39 is 6.29 Å². The summed E-state index contributed by atoms with van der Waals surface area (Å²) in [6.45, 7) is 5.38. The fourth-order valence-corrected chi connectivity index (χ4v) is 3.99. The molecule has 1 amide bonds. The van der Waals surface area contributed by atoms with Crippen LogP contribution in [0.2, 0.25) is 0 Å². The summed E-state index contributed by atoms with van der Waals surface area (Å²) in [5.74, 6) is -0.361. The highest BCUT2D eigenvalue weighted by Crippen LogP contribution is 2.39. The third kappa shape index (κ3) is 5.35. The Kier molecular flexibility index (Phi) is 7.64. The molecule has 2 aliphatic heterocycles. The predicted octanol–water partition coefficient (Wildman–Crippen LogP) is 2.35. The maximum Gasteiger partial charge on any atom is 0.288 e. The summed E-state index contributed by atoms with van der Waals surface area (Å²) >= 11 is 0. The number of hydrogen-bond acceptors (Lipinski definition) is 5. The average Bonchev–Trinajstić information content (AvgIpc) is 2.73. The van der Waals surface area contributed by atoms with Gasteiger partial charge in [-0.1, -0.05) is 12.1 Å². The van der Waals surface area contributed by atoms with Crippen molar-refractivity contribution in [1.82, 2.24) is 9.80 Å². The topological polar surface area (TPSA) is 62.2 Å². The molecule has 2 aliphatic rings. The number of likely N-dealkylation sites (N-methyl/N-ethyl adjacent to an activating group) is 1. The van der Waals surface area contributed by atoms with E-state index in [-0.39, 0.29) is 30.2 Å². The second-order valence-corrected chi connectivity index (χ2v) is 7.68. The minimum Gasteiger partial charge on any atom is -0.459 e. The van der Waals surface area contributed by atoms with Gasteiger partial charge in [0.2, 0.25) is 6.29 Å². The van der Waals surface area contributed by atoms with Crippen molar-refractivity contribution in [2.75, 3.05) is 46.4 Å². The van der Waals surface area contributed by atoms with Crippen molar-refractivity contribution in [1.29, 1.82) is 0 Å². The Balaban J connectivity index is 1.90. The maximum atomic E-state index is 13.5. The number of aliphatic hydroxyl groups is 1. The lowest BCUT2D eigenvalue weighted by Crippen LogP contribution is -2.49. The van der Waals surface area contributed by atoms with E-state index in [1.54, 1.807) is 12.1 Å². The maximum absolute atomic E-state index is 13.5. The quantitative estimate of drug-likeness (QED) is 0.753. The van der Waals surface area contributed by atoms with Gasteiger partial charge >= 0.3 is 0 Å². The van der Waals surface area contributed by atoms with E-state index in [9.17, 15) is 14.3 Å². The second-order valence-electron chi connectivity index (χ2n) is 7.68. The number of aliphatic hydroxyl groups excluding tert-OH is 1. The number of nitrogens with zero attached hydrogens (tertiary/aromatic N) is 2. The molecule has 1 N–H and O–H groups in total. The molecule has 29 heavy (non-hydrogen) atoms. The molecule has 7 heteroatoms. The van der Waals surface area contributed by atoms with Crippen molar-refractivity contribution in [3.05, 3.63) is 47.5 Å². The summed E-state index contributed by atoms with van der Waals surface area (Å²) in [6, 6.07) is 6.35. The zero-order chi connectivity index (χ0) is 20.8. The standard InChI is InChI=1S/C22H31FN2O4/c1-3-28-22-18(5-4-14-26)19(16-6-8-17(23)9-7-16)15-20(29-22)21(27)25-12-10-24(2)11-13-25/h6-9,15,18-19,22,26H,3-5,10-14H2,1-2H3/t18-,19-,22-/m1/s1. The average molecular weight is 406 g/mol. The molecule has 1 fully saturated rings. The Hall–Kier alpha value is -1.96. The number of piperazine rings is 1.